The topological polar surface area (TPSA) is 24.1 Å². The first-order chi connectivity index (χ1) is 8.35. The first-order valence-corrected chi connectivity index (χ1v) is 6.00. The van der Waals surface area contributed by atoms with E-state index in [0.717, 1.165) is 12.0 Å². The van der Waals surface area contributed by atoms with Gasteiger partial charge in [0.25, 0.3) is 0 Å². The largest absolute Gasteiger partial charge is 0.389 e. The van der Waals surface area contributed by atoms with Crippen LogP contribution in [0.2, 0.25) is 0 Å². The van der Waals surface area contributed by atoms with Crippen molar-refractivity contribution in [3.8, 4) is 0 Å². The van der Waals surface area contributed by atoms with Crippen LogP contribution in [0.1, 0.15) is 24.1 Å². The highest BCUT2D eigenvalue weighted by molar-refractivity contribution is 5.17. The number of benzene rings is 1. The summed E-state index contributed by atoms with van der Waals surface area (Å²) in [4.78, 5) is 0. The molecule has 1 aromatic heterocycles. The van der Waals surface area contributed by atoms with Crippen LogP contribution in [0.3, 0.4) is 0 Å². The molecule has 0 unspecified atom stereocenters. The number of hydrogen-bond donors (Lipinski definition) is 1. The van der Waals surface area contributed by atoms with Crippen LogP contribution in [-0.4, -0.2) is 11.7 Å². The molecule has 88 valence electrons. The van der Waals surface area contributed by atoms with Gasteiger partial charge in [0.1, 0.15) is 6.61 Å². The van der Waals surface area contributed by atoms with E-state index in [1.807, 2.05) is 42.6 Å². The number of aromatic nitrogens is 1. The molecular weight excluding hydrogens is 210 g/mol. The Hall–Kier alpha value is -1.67. The van der Waals surface area contributed by atoms with E-state index < -0.39 is 0 Å². The summed E-state index contributed by atoms with van der Waals surface area (Å²) in [6.07, 6.45) is 5.12. The summed E-state index contributed by atoms with van der Waals surface area (Å²) in [5.41, 5.74) is 2.41. The Kier molecular flexibility index (Phi) is 3.89. The first kappa shape index (κ1) is 11.8. The van der Waals surface area contributed by atoms with Crippen LogP contribution in [0.15, 0.2) is 54.9 Å². The number of aliphatic hydroxyl groups excluding tert-OH is 1. The van der Waals surface area contributed by atoms with E-state index in [-0.39, 0.29) is 12.6 Å². The zero-order chi connectivity index (χ0) is 12.1. The number of pyridine rings is 1. The minimum atomic E-state index is 0.00250. The summed E-state index contributed by atoms with van der Waals surface area (Å²) < 4.78 is 2.08. The highest BCUT2D eigenvalue weighted by atomic mass is 16.3. The second-order valence-electron chi connectivity index (χ2n) is 4.12. The molecule has 2 rings (SSSR count). The Balaban J connectivity index is 2.35. The van der Waals surface area contributed by atoms with Crippen LogP contribution >= 0.6 is 0 Å². The predicted octanol–water partition coefficient (Wildman–Crippen LogP) is 2.12. The van der Waals surface area contributed by atoms with Crippen molar-refractivity contribution in [2.45, 2.75) is 19.4 Å². The zero-order valence-corrected chi connectivity index (χ0v) is 10.1. The van der Waals surface area contributed by atoms with E-state index in [1.54, 1.807) is 0 Å². The number of aryl methyl sites for hydroxylation is 1. The SMILES string of the molecule is CCc1ccc[n+]([C@@H](CO)c2ccccc2)c1. The maximum atomic E-state index is 9.58. The Labute approximate surface area is 102 Å². The summed E-state index contributed by atoms with van der Waals surface area (Å²) in [5.74, 6) is 0. The van der Waals surface area contributed by atoms with Gasteiger partial charge in [0.2, 0.25) is 6.04 Å². The normalized spacial score (nSPS) is 12.4. The van der Waals surface area contributed by atoms with Crippen LogP contribution in [0.25, 0.3) is 0 Å². The molecule has 17 heavy (non-hydrogen) atoms. The van der Waals surface area contributed by atoms with Crippen molar-refractivity contribution in [1.29, 1.82) is 0 Å². The lowest BCUT2D eigenvalue weighted by Gasteiger charge is -2.10. The van der Waals surface area contributed by atoms with Gasteiger partial charge >= 0.3 is 0 Å². The molecule has 2 nitrogen and oxygen atoms in total. The monoisotopic (exact) mass is 228 g/mol. The average Bonchev–Trinajstić information content (AvgIpc) is 2.41. The maximum Gasteiger partial charge on any atom is 0.206 e. The molecule has 0 saturated heterocycles. The molecule has 0 aliphatic carbocycles. The molecule has 0 bridgehead atoms. The molecule has 2 heteroatoms. The Morgan fingerprint density at radius 3 is 2.53 bits per heavy atom. The highest BCUT2D eigenvalue weighted by Gasteiger charge is 2.19. The van der Waals surface area contributed by atoms with Gasteiger partial charge in [0.15, 0.2) is 12.4 Å². The molecule has 1 atom stereocenters. The second-order valence-corrected chi connectivity index (χ2v) is 4.12. The van der Waals surface area contributed by atoms with Crippen molar-refractivity contribution >= 4 is 0 Å². The second kappa shape index (κ2) is 5.60. The smallest absolute Gasteiger partial charge is 0.206 e. The van der Waals surface area contributed by atoms with E-state index in [2.05, 4.69) is 23.8 Å². The van der Waals surface area contributed by atoms with Crippen LogP contribution in [-0.2, 0) is 6.42 Å². The third kappa shape index (κ3) is 2.71. The molecule has 1 N–H and O–H groups in total. The van der Waals surface area contributed by atoms with Gasteiger partial charge < -0.3 is 5.11 Å². The van der Waals surface area contributed by atoms with Gasteiger partial charge in [-0.25, -0.2) is 0 Å². The lowest BCUT2D eigenvalue weighted by molar-refractivity contribution is -0.715. The average molecular weight is 228 g/mol. The van der Waals surface area contributed by atoms with Gasteiger partial charge in [-0.15, -0.1) is 0 Å². The van der Waals surface area contributed by atoms with E-state index in [4.69, 9.17) is 0 Å². The molecule has 0 aliphatic rings. The molecule has 0 radical (unpaired) electrons. The number of rotatable bonds is 4. The molecule has 1 heterocycles. The predicted molar refractivity (Wildman–Crippen MR) is 67.7 cm³/mol. The molecule has 0 fully saturated rings. The van der Waals surface area contributed by atoms with Crippen molar-refractivity contribution in [3.63, 3.8) is 0 Å². The summed E-state index contributed by atoms with van der Waals surface area (Å²) >= 11 is 0. The van der Waals surface area contributed by atoms with Gasteiger partial charge in [0.05, 0.1) is 0 Å². The van der Waals surface area contributed by atoms with Crippen molar-refractivity contribution < 1.29 is 9.67 Å². The minimum absolute atomic E-state index is 0.00250. The van der Waals surface area contributed by atoms with Gasteiger partial charge in [-0.2, -0.15) is 4.57 Å². The van der Waals surface area contributed by atoms with Crippen LogP contribution < -0.4 is 4.57 Å². The Morgan fingerprint density at radius 1 is 1.12 bits per heavy atom. The fourth-order valence-corrected chi connectivity index (χ4v) is 1.99. The standard InChI is InChI=1S/C15H18NO/c1-2-13-7-6-10-16(11-13)15(12-17)14-8-4-3-5-9-14/h3-11,15,17H,2,12H2,1H3/q+1/t15-/m0/s1. The summed E-state index contributed by atoms with van der Waals surface area (Å²) in [6, 6.07) is 14.2. The minimum Gasteiger partial charge on any atom is -0.389 e. The Morgan fingerprint density at radius 2 is 1.88 bits per heavy atom. The van der Waals surface area contributed by atoms with Gasteiger partial charge in [-0.3, -0.25) is 0 Å². The summed E-state index contributed by atoms with van der Waals surface area (Å²) in [7, 11) is 0. The fourth-order valence-electron chi connectivity index (χ4n) is 1.99. The molecule has 2 aromatic rings. The van der Waals surface area contributed by atoms with E-state index >= 15 is 0 Å². The zero-order valence-electron chi connectivity index (χ0n) is 10.1. The van der Waals surface area contributed by atoms with Crippen molar-refractivity contribution in [3.05, 3.63) is 66.0 Å². The molecule has 0 amide bonds. The molecule has 1 aromatic carbocycles. The van der Waals surface area contributed by atoms with Crippen LogP contribution in [0.4, 0.5) is 0 Å². The van der Waals surface area contributed by atoms with Gasteiger partial charge in [-0.05, 0) is 12.5 Å². The first-order valence-electron chi connectivity index (χ1n) is 6.00. The lowest BCUT2D eigenvalue weighted by atomic mass is 10.1. The van der Waals surface area contributed by atoms with Crippen LogP contribution in [0.5, 0.6) is 0 Å². The van der Waals surface area contributed by atoms with Crippen molar-refractivity contribution in [2.75, 3.05) is 6.61 Å². The van der Waals surface area contributed by atoms with E-state index in [9.17, 15) is 5.11 Å². The van der Waals surface area contributed by atoms with E-state index in [1.165, 1.54) is 5.56 Å². The highest BCUT2D eigenvalue weighted by Crippen LogP contribution is 2.11. The number of nitrogens with zero attached hydrogens (tertiary/aromatic N) is 1. The number of hydrogen-bond acceptors (Lipinski definition) is 1. The van der Waals surface area contributed by atoms with Crippen molar-refractivity contribution in [1.82, 2.24) is 0 Å². The van der Waals surface area contributed by atoms with Crippen molar-refractivity contribution in [2.24, 2.45) is 0 Å². The quantitative estimate of drug-likeness (QED) is 0.796. The van der Waals surface area contributed by atoms with Gasteiger partial charge in [0, 0.05) is 17.2 Å². The molecule has 0 spiro atoms. The van der Waals surface area contributed by atoms with E-state index in [0.29, 0.717) is 0 Å². The molecular formula is C15H18NO+. The third-order valence-corrected chi connectivity index (χ3v) is 3.01. The summed E-state index contributed by atoms with van der Waals surface area (Å²) in [6.45, 7) is 2.25. The number of aliphatic hydroxyl groups is 1. The van der Waals surface area contributed by atoms with Crippen LogP contribution in [0, 0.1) is 0 Å². The maximum absolute atomic E-state index is 9.58. The molecule has 0 aliphatic heterocycles. The fraction of sp³-hybridized carbons (Fsp3) is 0.267. The summed E-state index contributed by atoms with van der Waals surface area (Å²) in [5, 5.41) is 9.58. The molecule has 0 saturated carbocycles. The lowest BCUT2D eigenvalue weighted by Crippen LogP contribution is -2.41. The van der Waals surface area contributed by atoms with Gasteiger partial charge in [-0.1, -0.05) is 37.3 Å². The third-order valence-electron chi connectivity index (χ3n) is 3.01. The Bertz CT molecular complexity index is 467.